The number of methoxy groups -OCH3 is 1. The van der Waals surface area contributed by atoms with Gasteiger partial charge in [0.15, 0.2) is 10.9 Å². The number of amides is 2. The molecular formula is C19H20N10O3S. The predicted octanol–water partition coefficient (Wildman–Crippen LogP) is 0.984. The third-order valence-electron chi connectivity index (χ3n) is 5.28. The fourth-order valence-electron chi connectivity index (χ4n) is 3.67. The minimum atomic E-state index is -0.623. The highest BCUT2D eigenvalue weighted by molar-refractivity contribution is 7.13. The van der Waals surface area contributed by atoms with Gasteiger partial charge in [-0.05, 0) is 12.1 Å². The van der Waals surface area contributed by atoms with E-state index in [1.807, 2.05) is 17.0 Å². The van der Waals surface area contributed by atoms with Crippen molar-refractivity contribution in [1.82, 2.24) is 29.5 Å². The van der Waals surface area contributed by atoms with Gasteiger partial charge in [-0.1, -0.05) is 0 Å². The van der Waals surface area contributed by atoms with Gasteiger partial charge in [-0.25, -0.2) is 4.98 Å². The Morgan fingerprint density at radius 3 is 2.97 bits per heavy atom. The lowest BCUT2D eigenvalue weighted by Crippen LogP contribution is -2.40. The van der Waals surface area contributed by atoms with Crippen LogP contribution in [-0.4, -0.2) is 67.2 Å². The first-order valence-electron chi connectivity index (χ1n) is 9.99. The first-order valence-corrected chi connectivity index (χ1v) is 10.9. The number of ether oxygens (including phenoxy) is 1. The first-order chi connectivity index (χ1) is 16.0. The van der Waals surface area contributed by atoms with Crippen LogP contribution in [0.5, 0.6) is 0 Å². The Morgan fingerprint density at radius 1 is 1.36 bits per heavy atom. The van der Waals surface area contributed by atoms with Gasteiger partial charge in [0, 0.05) is 43.9 Å². The van der Waals surface area contributed by atoms with E-state index in [1.165, 1.54) is 17.4 Å². The van der Waals surface area contributed by atoms with Crippen LogP contribution in [0.3, 0.4) is 0 Å². The molecule has 0 aliphatic carbocycles. The van der Waals surface area contributed by atoms with E-state index in [-0.39, 0.29) is 17.7 Å². The summed E-state index contributed by atoms with van der Waals surface area (Å²) in [6, 6.07) is 4.59. The summed E-state index contributed by atoms with van der Waals surface area (Å²) < 4.78 is 7.27. The standard InChI is InChI=1S/C19H20N10O3S/c1-32-10-7-12(16(31)24-19-21-4-6-33-19)29(9-10)18-23-14-3-2-5-28(14)17(25-18)22-13-8-11(15(20)30)26-27-13/h2-6,8,10,12H,7,9H2,1H3,(H2,20,30)(H,21,24,31)(H2,22,23,25,26,27)/t10-,12-/m0/s1. The van der Waals surface area contributed by atoms with E-state index in [9.17, 15) is 9.59 Å². The van der Waals surface area contributed by atoms with E-state index < -0.39 is 11.9 Å². The highest BCUT2D eigenvalue weighted by Crippen LogP contribution is 2.28. The maximum atomic E-state index is 13.0. The smallest absolute Gasteiger partial charge is 0.266 e. The number of hydrogen-bond acceptors (Lipinski definition) is 10. The summed E-state index contributed by atoms with van der Waals surface area (Å²) in [5, 5.41) is 14.8. The van der Waals surface area contributed by atoms with Crippen molar-refractivity contribution in [2.45, 2.75) is 18.6 Å². The summed E-state index contributed by atoms with van der Waals surface area (Å²) in [5.41, 5.74) is 6.07. The normalized spacial score (nSPS) is 18.0. The van der Waals surface area contributed by atoms with Crippen molar-refractivity contribution in [3.8, 4) is 0 Å². The molecular weight excluding hydrogens is 448 g/mol. The van der Waals surface area contributed by atoms with Crippen LogP contribution in [0.25, 0.3) is 5.65 Å². The van der Waals surface area contributed by atoms with E-state index in [2.05, 4.69) is 35.8 Å². The predicted molar refractivity (Wildman–Crippen MR) is 121 cm³/mol. The fraction of sp³-hybridized carbons (Fsp3) is 0.263. The van der Waals surface area contributed by atoms with E-state index >= 15 is 0 Å². The highest BCUT2D eigenvalue weighted by Gasteiger charge is 2.39. The van der Waals surface area contributed by atoms with Crippen molar-refractivity contribution in [3.63, 3.8) is 0 Å². The number of carbonyl (C=O) groups excluding carboxylic acids is 2. The second-order valence-electron chi connectivity index (χ2n) is 7.33. The number of aromatic nitrogens is 6. The Hall–Kier alpha value is -4.04. The first kappa shape index (κ1) is 20.8. The summed E-state index contributed by atoms with van der Waals surface area (Å²) in [6.07, 6.45) is 3.74. The number of hydrogen-bond donors (Lipinski definition) is 4. The summed E-state index contributed by atoms with van der Waals surface area (Å²) in [7, 11) is 1.61. The number of nitrogens with one attached hydrogen (secondary N) is 3. The van der Waals surface area contributed by atoms with E-state index in [4.69, 9.17) is 10.5 Å². The van der Waals surface area contributed by atoms with Crippen molar-refractivity contribution in [1.29, 1.82) is 0 Å². The van der Waals surface area contributed by atoms with Gasteiger partial charge < -0.3 is 26.0 Å². The molecule has 0 saturated carbocycles. The van der Waals surface area contributed by atoms with Gasteiger partial charge in [0.2, 0.25) is 17.8 Å². The monoisotopic (exact) mass is 468 g/mol. The third-order valence-corrected chi connectivity index (χ3v) is 5.97. The van der Waals surface area contributed by atoms with Gasteiger partial charge in [0.25, 0.3) is 5.91 Å². The van der Waals surface area contributed by atoms with Gasteiger partial charge in [-0.3, -0.25) is 19.1 Å². The van der Waals surface area contributed by atoms with Gasteiger partial charge in [-0.2, -0.15) is 15.1 Å². The van der Waals surface area contributed by atoms with Crippen molar-refractivity contribution in [2.75, 3.05) is 29.2 Å². The molecule has 13 nitrogen and oxygen atoms in total. The Morgan fingerprint density at radius 2 is 2.24 bits per heavy atom. The molecule has 5 N–H and O–H groups in total. The zero-order valence-corrected chi connectivity index (χ0v) is 18.2. The minimum absolute atomic E-state index is 0.162. The van der Waals surface area contributed by atoms with Crippen LogP contribution < -0.4 is 21.3 Å². The molecule has 2 atom stereocenters. The zero-order valence-electron chi connectivity index (χ0n) is 17.4. The molecule has 0 radical (unpaired) electrons. The second kappa shape index (κ2) is 8.48. The molecule has 0 spiro atoms. The molecule has 33 heavy (non-hydrogen) atoms. The molecule has 5 heterocycles. The quantitative estimate of drug-likeness (QED) is 0.309. The molecule has 1 aliphatic rings. The fourth-order valence-corrected chi connectivity index (χ4v) is 4.20. The van der Waals surface area contributed by atoms with Crippen molar-refractivity contribution < 1.29 is 14.3 Å². The molecule has 0 unspecified atom stereocenters. The molecule has 5 rings (SSSR count). The molecule has 1 saturated heterocycles. The number of anilines is 4. The molecule has 0 aromatic carbocycles. The lowest BCUT2D eigenvalue weighted by atomic mass is 10.2. The maximum absolute atomic E-state index is 13.0. The Kier molecular flexibility index (Phi) is 5.35. The maximum Gasteiger partial charge on any atom is 0.266 e. The molecule has 0 bridgehead atoms. The van der Waals surface area contributed by atoms with Gasteiger partial charge in [0.05, 0.1) is 6.10 Å². The van der Waals surface area contributed by atoms with Gasteiger partial charge >= 0.3 is 0 Å². The average molecular weight is 469 g/mol. The molecule has 170 valence electrons. The number of thiazole rings is 1. The molecule has 4 aromatic rings. The number of nitrogens with two attached hydrogens (primary N) is 1. The van der Waals surface area contributed by atoms with E-state index in [0.717, 1.165) is 0 Å². The lowest BCUT2D eigenvalue weighted by Gasteiger charge is -2.24. The highest BCUT2D eigenvalue weighted by atomic mass is 32.1. The van der Waals surface area contributed by atoms with Crippen LogP contribution in [0.1, 0.15) is 16.9 Å². The SMILES string of the molecule is CO[C@H]1C[C@@H](C(=O)Nc2nccs2)N(c2nc(Nc3cc(C(N)=O)[nH]n3)n3cccc3n2)C1. The number of rotatable bonds is 7. The second-order valence-corrected chi connectivity index (χ2v) is 8.22. The Bertz CT molecular complexity index is 1300. The number of aromatic amines is 1. The molecule has 2 amide bonds. The number of fused-ring (bicyclic) bond motifs is 1. The van der Waals surface area contributed by atoms with Gasteiger partial charge in [0.1, 0.15) is 17.4 Å². The summed E-state index contributed by atoms with van der Waals surface area (Å²) in [4.78, 5) is 39.6. The number of primary amides is 1. The average Bonchev–Trinajstić information content (AvgIpc) is 3.59. The van der Waals surface area contributed by atoms with E-state index in [0.29, 0.717) is 41.5 Å². The Balaban J connectivity index is 1.48. The summed E-state index contributed by atoms with van der Waals surface area (Å²) in [6.45, 7) is 0.441. The number of nitrogens with zero attached hydrogens (tertiary/aromatic N) is 6. The zero-order chi connectivity index (χ0) is 22.9. The minimum Gasteiger partial charge on any atom is -0.380 e. The van der Waals surface area contributed by atoms with Crippen molar-refractivity contribution in [2.24, 2.45) is 5.73 Å². The third kappa shape index (κ3) is 4.08. The van der Waals surface area contributed by atoms with Gasteiger partial charge in [-0.15, -0.1) is 11.3 Å². The molecule has 1 fully saturated rings. The summed E-state index contributed by atoms with van der Waals surface area (Å²) >= 11 is 1.34. The number of carbonyl (C=O) groups is 2. The van der Waals surface area contributed by atoms with Crippen LogP contribution in [-0.2, 0) is 9.53 Å². The molecule has 4 aromatic heterocycles. The van der Waals surface area contributed by atoms with Crippen LogP contribution in [0.4, 0.5) is 22.8 Å². The van der Waals surface area contributed by atoms with Crippen LogP contribution in [0.15, 0.2) is 36.0 Å². The van der Waals surface area contributed by atoms with Crippen molar-refractivity contribution in [3.05, 3.63) is 41.7 Å². The van der Waals surface area contributed by atoms with Crippen LogP contribution in [0.2, 0.25) is 0 Å². The lowest BCUT2D eigenvalue weighted by molar-refractivity contribution is -0.117. The van der Waals surface area contributed by atoms with Crippen molar-refractivity contribution >= 4 is 51.6 Å². The molecule has 14 heteroatoms. The number of H-pyrrole nitrogens is 1. The topological polar surface area (TPSA) is 168 Å². The molecule has 1 aliphatic heterocycles. The Labute approximate surface area is 191 Å². The van der Waals surface area contributed by atoms with Crippen LogP contribution >= 0.6 is 11.3 Å². The summed E-state index contributed by atoms with van der Waals surface area (Å²) in [5.74, 6) is 0.284. The van der Waals surface area contributed by atoms with E-state index in [1.54, 1.807) is 29.3 Å². The largest absolute Gasteiger partial charge is 0.380 e. The van der Waals surface area contributed by atoms with Crippen LogP contribution in [0, 0.1) is 0 Å².